The van der Waals surface area contributed by atoms with Crippen molar-refractivity contribution in [1.82, 2.24) is 5.32 Å². The summed E-state index contributed by atoms with van der Waals surface area (Å²) in [6.07, 6.45) is 1.15. The quantitative estimate of drug-likeness (QED) is 0.710. The van der Waals surface area contributed by atoms with E-state index in [0.717, 1.165) is 41.0 Å². The molecule has 2 aromatic carbocycles. The van der Waals surface area contributed by atoms with Crippen molar-refractivity contribution >= 4 is 15.9 Å². The van der Waals surface area contributed by atoms with E-state index in [0.29, 0.717) is 0 Å². The van der Waals surface area contributed by atoms with Crippen molar-refractivity contribution in [2.75, 3.05) is 6.54 Å². The van der Waals surface area contributed by atoms with E-state index in [4.69, 9.17) is 4.74 Å². The summed E-state index contributed by atoms with van der Waals surface area (Å²) >= 11 is 3.55. The van der Waals surface area contributed by atoms with Gasteiger partial charge in [-0.3, -0.25) is 0 Å². The Bertz CT molecular complexity index is 610. The molecule has 3 heteroatoms. The van der Waals surface area contributed by atoms with Crippen molar-refractivity contribution < 1.29 is 4.74 Å². The van der Waals surface area contributed by atoms with Gasteiger partial charge in [-0.1, -0.05) is 25.1 Å². The summed E-state index contributed by atoms with van der Waals surface area (Å²) in [5, 5.41) is 3.41. The summed E-state index contributed by atoms with van der Waals surface area (Å²) in [6.45, 7) is 8.28. The number of nitrogens with one attached hydrogen (secondary N) is 1. The van der Waals surface area contributed by atoms with Crippen molar-refractivity contribution in [2.24, 2.45) is 0 Å². The molecule has 21 heavy (non-hydrogen) atoms. The van der Waals surface area contributed by atoms with Gasteiger partial charge in [0, 0.05) is 6.54 Å². The first-order valence-corrected chi connectivity index (χ1v) is 8.13. The van der Waals surface area contributed by atoms with Crippen LogP contribution in [0, 0.1) is 13.8 Å². The minimum absolute atomic E-state index is 0.848. The van der Waals surface area contributed by atoms with Gasteiger partial charge in [-0.15, -0.1) is 0 Å². The highest BCUT2D eigenvalue weighted by Gasteiger charge is 2.06. The second-order valence-corrected chi connectivity index (χ2v) is 6.17. The molecule has 0 spiro atoms. The number of rotatable bonds is 6. The third-order valence-electron chi connectivity index (χ3n) is 3.30. The highest BCUT2D eigenvalue weighted by molar-refractivity contribution is 9.10. The summed E-state index contributed by atoms with van der Waals surface area (Å²) in [5.41, 5.74) is 3.65. The second-order valence-electron chi connectivity index (χ2n) is 5.31. The van der Waals surface area contributed by atoms with Gasteiger partial charge in [0.15, 0.2) is 0 Å². The molecule has 2 nitrogen and oxygen atoms in total. The van der Waals surface area contributed by atoms with E-state index in [1.54, 1.807) is 0 Å². The Morgan fingerprint density at radius 2 is 1.81 bits per heavy atom. The fraction of sp³-hybridized carbons (Fsp3) is 0.333. The van der Waals surface area contributed by atoms with Crippen LogP contribution in [0.25, 0.3) is 0 Å². The van der Waals surface area contributed by atoms with Crippen LogP contribution in [-0.2, 0) is 6.54 Å². The predicted octanol–water partition coefficient (Wildman–Crippen LogP) is 5.36. The second kappa shape index (κ2) is 7.62. The van der Waals surface area contributed by atoms with E-state index in [2.05, 4.69) is 66.3 Å². The maximum absolute atomic E-state index is 6.01. The molecule has 0 radical (unpaired) electrons. The smallest absolute Gasteiger partial charge is 0.141 e. The lowest BCUT2D eigenvalue weighted by Gasteiger charge is -2.12. The van der Waals surface area contributed by atoms with E-state index >= 15 is 0 Å². The van der Waals surface area contributed by atoms with Gasteiger partial charge in [0.25, 0.3) is 0 Å². The Morgan fingerprint density at radius 3 is 2.48 bits per heavy atom. The van der Waals surface area contributed by atoms with Gasteiger partial charge in [-0.05, 0) is 77.6 Å². The van der Waals surface area contributed by atoms with Crippen molar-refractivity contribution in [3.05, 3.63) is 57.6 Å². The van der Waals surface area contributed by atoms with Crippen molar-refractivity contribution in [3.63, 3.8) is 0 Å². The lowest BCUT2D eigenvalue weighted by Crippen LogP contribution is -2.13. The molecule has 0 aliphatic heterocycles. The first-order valence-electron chi connectivity index (χ1n) is 7.34. The van der Waals surface area contributed by atoms with Crippen molar-refractivity contribution in [3.8, 4) is 11.5 Å². The Hall–Kier alpha value is -1.32. The molecule has 0 saturated carbocycles. The lowest BCUT2D eigenvalue weighted by molar-refractivity contribution is 0.475. The normalized spacial score (nSPS) is 10.7. The lowest BCUT2D eigenvalue weighted by atomic mass is 10.1. The number of ether oxygens (including phenoxy) is 1. The Kier molecular flexibility index (Phi) is 5.83. The average molecular weight is 348 g/mol. The number of hydrogen-bond donors (Lipinski definition) is 1. The maximum atomic E-state index is 6.01. The zero-order chi connectivity index (χ0) is 15.2. The van der Waals surface area contributed by atoms with Gasteiger partial charge in [0.05, 0.1) is 4.47 Å². The molecule has 0 fully saturated rings. The molecule has 0 bridgehead atoms. The molecule has 0 unspecified atom stereocenters. The molecule has 2 rings (SSSR count). The Balaban J connectivity index is 2.10. The third kappa shape index (κ3) is 4.58. The van der Waals surface area contributed by atoms with Gasteiger partial charge >= 0.3 is 0 Å². The molecular weight excluding hydrogens is 326 g/mol. The number of hydrogen-bond acceptors (Lipinski definition) is 2. The van der Waals surface area contributed by atoms with Gasteiger partial charge < -0.3 is 10.1 Å². The summed E-state index contributed by atoms with van der Waals surface area (Å²) in [5.74, 6) is 1.75. The number of benzene rings is 2. The summed E-state index contributed by atoms with van der Waals surface area (Å²) in [6, 6.07) is 12.5. The van der Waals surface area contributed by atoms with Gasteiger partial charge in [-0.2, -0.15) is 0 Å². The molecule has 0 atom stereocenters. The van der Waals surface area contributed by atoms with Crippen LogP contribution in [0.4, 0.5) is 0 Å². The highest BCUT2D eigenvalue weighted by Crippen LogP contribution is 2.32. The molecule has 1 N–H and O–H groups in total. The fourth-order valence-corrected chi connectivity index (χ4v) is 2.73. The van der Waals surface area contributed by atoms with E-state index in [1.807, 2.05) is 12.1 Å². The topological polar surface area (TPSA) is 21.3 Å². The molecular formula is C18H22BrNO. The molecule has 0 aromatic heterocycles. The number of aryl methyl sites for hydroxylation is 2. The van der Waals surface area contributed by atoms with Crippen LogP contribution in [0.15, 0.2) is 40.9 Å². The fourth-order valence-electron chi connectivity index (χ4n) is 2.15. The van der Waals surface area contributed by atoms with Crippen LogP contribution >= 0.6 is 15.9 Å². The molecule has 0 heterocycles. The number of halogens is 1. The SMILES string of the molecule is CCCNCc1ccc(Oc2ccc(C)cc2Br)c(C)c1. The third-order valence-corrected chi connectivity index (χ3v) is 3.92. The molecule has 0 aliphatic rings. The molecule has 0 saturated heterocycles. The summed E-state index contributed by atoms with van der Waals surface area (Å²) in [7, 11) is 0. The van der Waals surface area contributed by atoms with Crippen LogP contribution in [0.3, 0.4) is 0 Å². The van der Waals surface area contributed by atoms with E-state index in [1.165, 1.54) is 11.1 Å². The standard InChI is InChI=1S/C18H22BrNO/c1-4-9-20-12-15-6-8-17(14(3)11-15)21-18-7-5-13(2)10-16(18)19/h5-8,10-11,20H,4,9,12H2,1-3H3. The summed E-state index contributed by atoms with van der Waals surface area (Å²) < 4.78 is 6.99. The highest BCUT2D eigenvalue weighted by atomic mass is 79.9. The van der Waals surface area contributed by atoms with Crippen LogP contribution in [-0.4, -0.2) is 6.54 Å². The average Bonchev–Trinajstić information content (AvgIpc) is 2.44. The van der Waals surface area contributed by atoms with Gasteiger partial charge in [-0.25, -0.2) is 0 Å². The van der Waals surface area contributed by atoms with E-state index in [-0.39, 0.29) is 0 Å². The zero-order valence-corrected chi connectivity index (χ0v) is 14.5. The first kappa shape index (κ1) is 16.1. The summed E-state index contributed by atoms with van der Waals surface area (Å²) in [4.78, 5) is 0. The monoisotopic (exact) mass is 347 g/mol. The van der Waals surface area contributed by atoms with Gasteiger partial charge in [0.1, 0.15) is 11.5 Å². The largest absolute Gasteiger partial charge is 0.456 e. The molecule has 0 amide bonds. The molecule has 0 aliphatic carbocycles. The molecule has 112 valence electrons. The molecule has 2 aromatic rings. The zero-order valence-electron chi connectivity index (χ0n) is 12.9. The van der Waals surface area contributed by atoms with E-state index in [9.17, 15) is 0 Å². The predicted molar refractivity (Wildman–Crippen MR) is 92.1 cm³/mol. The Morgan fingerprint density at radius 1 is 1.05 bits per heavy atom. The maximum Gasteiger partial charge on any atom is 0.141 e. The Labute approximate surface area is 135 Å². The van der Waals surface area contributed by atoms with Crippen LogP contribution in [0.1, 0.15) is 30.0 Å². The van der Waals surface area contributed by atoms with Crippen molar-refractivity contribution in [1.29, 1.82) is 0 Å². The van der Waals surface area contributed by atoms with Gasteiger partial charge in [0.2, 0.25) is 0 Å². The van der Waals surface area contributed by atoms with Crippen molar-refractivity contribution in [2.45, 2.75) is 33.7 Å². The minimum atomic E-state index is 0.848. The van der Waals surface area contributed by atoms with E-state index < -0.39 is 0 Å². The van der Waals surface area contributed by atoms with Crippen LogP contribution in [0.2, 0.25) is 0 Å². The van der Waals surface area contributed by atoms with Crippen LogP contribution in [0.5, 0.6) is 11.5 Å². The first-order chi connectivity index (χ1) is 10.1. The van der Waals surface area contributed by atoms with Crippen LogP contribution < -0.4 is 10.1 Å². The minimum Gasteiger partial charge on any atom is -0.456 e.